The van der Waals surface area contributed by atoms with Crippen LogP contribution in [0.4, 0.5) is 0 Å². The van der Waals surface area contributed by atoms with Crippen LogP contribution in [0.1, 0.15) is 53.4 Å². The predicted molar refractivity (Wildman–Crippen MR) is 127 cm³/mol. The molecule has 0 aliphatic heterocycles. The highest BCUT2D eigenvalue weighted by atomic mass is 32.2. The Morgan fingerprint density at radius 3 is 1.73 bits per heavy atom. The van der Waals surface area contributed by atoms with Crippen molar-refractivity contribution in [2.75, 3.05) is 12.0 Å². The summed E-state index contributed by atoms with van der Waals surface area (Å²) in [7, 11) is 0. The van der Waals surface area contributed by atoms with E-state index in [4.69, 9.17) is 11.5 Å². The Balaban J connectivity index is 5.58. The number of rotatable bonds is 16. The van der Waals surface area contributed by atoms with Gasteiger partial charge < -0.3 is 32.5 Å². The van der Waals surface area contributed by atoms with Crippen LogP contribution >= 0.6 is 11.8 Å². The molecule has 0 radical (unpaired) electrons. The number of amides is 4. The fraction of sp³-hybridized carbons (Fsp3) is 0.762. The third-order valence-electron chi connectivity index (χ3n) is 5.58. The molecule has 4 amide bonds. The van der Waals surface area contributed by atoms with Crippen LogP contribution in [0.5, 0.6) is 0 Å². The van der Waals surface area contributed by atoms with Crippen molar-refractivity contribution in [1.29, 1.82) is 0 Å². The summed E-state index contributed by atoms with van der Waals surface area (Å²) in [6.45, 7) is 7.20. The molecule has 0 saturated carbocycles. The van der Waals surface area contributed by atoms with E-state index in [2.05, 4.69) is 16.0 Å². The number of carboxylic acid groups (broad SMARTS) is 1. The van der Waals surface area contributed by atoms with E-state index in [0.29, 0.717) is 25.0 Å². The van der Waals surface area contributed by atoms with Gasteiger partial charge in [0.1, 0.15) is 18.1 Å². The first-order valence-corrected chi connectivity index (χ1v) is 12.4. The molecule has 0 aromatic heterocycles. The van der Waals surface area contributed by atoms with E-state index in [1.54, 1.807) is 25.6 Å². The second kappa shape index (κ2) is 15.5. The maximum Gasteiger partial charge on any atom is 0.326 e. The molecular weight excluding hydrogens is 450 g/mol. The van der Waals surface area contributed by atoms with E-state index in [0.717, 1.165) is 0 Å². The lowest BCUT2D eigenvalue weighted by atomic mass is 9.94. The predicted octanol–water partition coefficient (Wildman–Crippen LogP) is -0.427. The van der Waals surface area contributed by atoms with Crippen molar-refractivity contribution in [1.82, 2.24) is 16.0 Å². The number of aliphatic carboxylic acids is 1. The molecule has 0 fully saturated rings. The Morgan fingerprint density at radius 2 is 1.33 bits per heavy atom. The van der Waals surface area contributed by atoms with Crippen LogP contribution < -0.4 is 27.4 Å². The molecule has 0 rings (SSSR count). The number of primary amides is 1. The van der Waals surface area contributed by atoms with Crippen LogP contribution in [0.3, 0.4) is 0 Å². The van der Waals surface area contributed by atoms with Crippen molar-refractivity contribution in [3.05, 3.63) is 0 Å². The monoisotopic (exact) mass is 489 g/mol. The summed E-state index contributed by atoms with van der Waals surface area (Å²) in [5.41, 5.74) is 11.0. The van der Waals surface area contributed by atoms with Gasteiger partial charge in [-0.3, -0.25) is 19.2 Å². The van der Waals surface area contributed by atoms with E-state index in [1.807, 2.05) is 20.1 Å². The summed E-state index contributed by atoms with van der Waals surface area (Å²) in [5.74, 6) is -3.99. The van der Waals surface area contributed by atoms with E-state index in [-0.39, 0.29) is 11.8 Å². The first-order valence-electron chi connectivity index (χ1n) is 11.1. The van der Waals surface area contributed by atoms with Crippen LogP contribution in [0.15, 0.2) is 0 Å². The Hall–Kier alpha value is -2.34. The minimum absolute atomic E-state index is 0.246. The van der Waals surface area contributed by atoms with Crippen molar-refractivity contribution < 1.29 is 29.1 Å². The number of carbonyl (C=O) groups is 5. The summed E-state index contributed by atoms with van der Waals surface area (Å²) in [4.78, 5) is 61.0. The Bertz CT molecular complexity index is 692. The van der Waals surface area contributed by atoms with Gasteiger partial charge in [0.15, 0.2) is 0 Å². The number of nitrogens with one attached hydrogen (secondary N) is 3. The van der Waals surface area contributed by atoms with Gasteiger partial charge in [0, 0.05) is 0 Å². The topological polar surface area (TPSA) is 194 Å². The molecule has 8 N–H and O–H groups in total. The zero-order valence-corrected chi connectivity index (χ0v) is 20.9. The quantitative estimate of drug-likeness (QED) is 0.168. The van der Waals surface area contributed by atoms with Gasteiger partial charge in [-0.25, -0.2) is 4.79 Å². The summed E-state index contributed by atoms with van der Waals surface area (Å²) >= 11 is 1.56. The Morgan fingerprint density at radius 1 is 0.879 bits per heavy atom. The lowest BCUT2D eigenvalue weighted by molar-refractivity contribution is -0.144. The normalized spacial score (nSPS) is 16.4. The average molecular weight is 490 g/mol. The molecule has 6 atom stereocenters. The minimum atomic E-state index is -1.52. The molecule has 0 aliphatic rings. The summed E-state index contributed by atoms with van der Waals surface area (Å²) < 4.78 is 0. The molecule has 6 unspecified atom stereocenters. The second-order valence-electron chi connectivity index (χ2n) is 8.20. The largest absolute Gasteiger partial charge is 0.480 e. The lowest BCUT2D eigenvalue weighted by Crippen LogP contribution is -2.60. The smallest absolute Gasteiger partial charge is 0.326 e. The number of carboxylic acids is 1. The molecule has 190 valence electrons. The van der Waals surface area contributed by atoms with Crippen molar-refractivity contribution in [3.63, 3.8) is 0 Å². The first-order chi connectivity index (χ1) is 15.4. The summed E-state index contributed by atoms with van der Waals surface area (Å²) in [6, 6.07) is -4.29. The van der Waals surface area contributed by atoms with Crippen molar-refractivity contribution in [2.24, 2.45) is 23.3 Å². The highest BCUT2D eigenvalue weighted by Gasteiger charge is 2.34. The van der Waals surface area contributed by atoms with Gasteiger partial charge in [0.05, 0.1) is 12.5 Å². The maximum atomic E-state index is 13.1. The molecule has 12 heteroatoms. The lowest BCUT2D eigenvalue weighted by Gasteiger charge is -2.30. The maximum absolute atomic E-state index is 13.1. The molecule has 0 spiro atoms. The van der Waals surface area contributed by atoms with Crippen LogP contribution in [0.2, 0.25) is 0 Å². The highest BCUT2D eigenvalue weighted by Crippen LogP contribution is 2.13. The standard InChI is InChI=1S/C21H39N5O6S/c1-6-11(3)16(19(29)24-14(21(31)32)10-15(23)27)26-20(30)17(12(4)7-2)25-18(28)13(22)8-9-33-5/h11-14,16-17H,6-10,22H2,1-5H3,(H2,23,27)(H,24,29)(H,25,28)(H,26,30)(H,31,32). The van der Waals surface area contributed by atoms with Crippen LogP contribution in [-0.4, -0.2) is 70.9 Å². The molecule has 0 saturated heterocycles. The van der Waals surface area contributed by atoms with E-state index < -0.39 is 60.2 Å². The zero-order valence-electron chi connectivity index (χ0n) is 20.1. The SMILES string of the molecule is CCC(C)C(NC(=O)C(N)CCSC)C(=O)NC(C(=O)NC(CC(N)=O)C(=O)O)C(C)CC. The van der Waals surface area contributed by atoms with E-state index in [1.165, 1.54) is 0 Å². The Kier molecular flexibility index (Phi) is 14.4. The van der Waals surface area contributed by atoms with Crippen molar-refractivity contribution in [2.45, 2.75) is 77.5 Å². The van der Waals surface area contributed by atoms with Gasteiger partial charge in [-0.15, -0.1) is 0 Å². The fourth-order valence-corrected chi connectivity index (χ4v) is 3.44. The molecular formula is C21H39N5O6S. The number of thioether (sulfide) groups is 1. The van der Waals surface area contributed by atoms with E-state index >= 15 is 0 Å². The molecule has 0 aliphatic carbocycles. The van der Waals surface area contributed by atoms with E-state index in [9.17, 15) is 29.1 Å². The molecule has 0 aromatic carbocycles. The van der Waals surface area contributed by atoms with Crippen molar-refractivity contribution in [3.8, 4) is 0 Å². The number of carbonyl (C=O) groups excluding carboxylic acids is 4. The van der Waals surface area contributed by atoms with Crippen LogP contribution in [0.25, 0.3) is 0 Å². The Labute approximate surface area is 199 Å². The average Bonchev–Trinajstić information content (AvgIpc) is 2.76. The van der Waals surface area contributed by atoms with Crippen molar-refractivity contribution >= 4 is 41.4 Å². The molecule has 33 heavy (non-hydrogen) atoms. The summed E-state index contributed by atoms with van der Waals surface area (Å²) in [5, 5.41) is 16.9. The van der Waals surface area contributed by atoms with Gasteiger partial charge in [0.2, 0.25) is 23.6 Å². The van der Waals surface area contributed by atoms with Gasteiger partial charge >= 0.3 is 5.97 Å². The molecule has 0 aromatic rings. The molecule has 0 bridgehead atoms. The number of nitrogens with two attached hydrogens (primary N) is 2. The first kappa shape index (κ1) is 30.7. The number of hydrogen-bond donors (Lipinski definition) is 6. The third kappa shape index (κ3) is 10.9. The van der Waals surface area contributed by atoms with Gasteiger partial charge in [-0.1, -0.05) is 40.5 Å². The molecule has 11 nitrogen and oxygen atoms in total. The highest BCUT2D eigenvalue weighted by molar-refractivity contribution is 7.98. The molecule has 0 heterocycles. The van der Waals surface area contributed by atoms with Crippen LogP contribution in [0, 0.1) is 11.8 Å². The van der Waals surface area contributed by atoms with Gasteiger partial charge in [-0.05, 0) is 30.3 Å². The second-order valence-corrected chi connectivity index (χ2v) is 9.19. The third-order valence-corrected chi connectivity index (χ3v) is 6.22. The zero-order chi connectivity index (χ0) is 25.7. The summed E-state index contributed by atoms with van der Waals surface area (Å²) in [6.07, 6.45) is 2.86. The van der Waals surface area contributed by atoms with Gasteiger partial charge in [-0.2, -0.15) is 11.8 Å². The van der Waals surface area contributed by atoms with Gasteiger partial charge in [0.25, 0.3) is 0 Å². The fourth-order valence-electron chi connectivity index (χ4n) is 2.95. The minimum Gasteiger partial charge on any atom is -0.480 e. The number of hydrogen-bond acceptors (Lipinski definition) is 7. The van der Waals surface area contributed by atoms with Crippen LogP contribution in [-0.2, 0) is 24.0 Å².